The molecule has 0 saturated heterocycles. The van der Waals surface area contributed by atoms with E-state index in [1.54, 1.807) is 7.05 Å². The van der Waals surface area contributed by atoms with Gasteiger partial charge in [-0.05, 0) is 18.9 Å². The van der Waals surface area contributed by atoms with Crippen LogP contribution >= 0.6 is 0 Å². The van der Waals surface area contributed by atoms with Crippen molar-refractivity contribution in [1.82, 2.24) is 10.6 Å². The zero-order chi connectivity index (χ0) is 11.8. The van der Waals surface area contributed by atoms with Gasteiger partial charge in [-0.2, -0.15) is 0 Å². The smallest absolute Gasteiger partial charge is 0.191 e. The molecule has 2 N–H and O–H groups in total. The van der Waals surface area contributed by atoms with Crippen LogP contribution in [-0.4, -0.2) is 19.0 Å². The van der Waals surface area contributed by atoms with Gasteiger partial charge in [0.05, 0.1) is 0 Å². The molecule has 16 heavy (non-hydrogen) atoms. The molecular formula is C13H21N3. The van der Waals surface area contributed by atoms with Crippen LogP contribution in [-0.2, 0) is 6.54 Å². The third kappa shape index (κ3) is 4.34. The lowest BCUT2D eigenvalue weighted by Gasteiger charge is -2.16. The molecule has 1 aromatic rings. The van der Waals surface area contributed by atoms with E-state index >= 15 is 0 Å². The Balaban J connectivity index is 2.41. The van der Waals surface area contributed by atoms with Gasteiger partial charge in [-0.3, -0.25) is 4.99 Å². The highest BCUT2D eigenvalue weighted by atomic mass is 15.2. The van der Waals surface area contributed by atoms with E-state index in [0.717, 1.165) is 18.9 Å². The van der Waals surface area contributed by atoms with E-state index in [-0.39, 0.29) is 0 Å². The van der Waals surface area contributed by atoms with Crippen molar-refractivity contribution >= 4 is 5.96 Å². The molecule has 0 aliphatic rings. The molecule has 0 spiro atoms. The van der Waals surface area contributed by atoms with Crippen molar-refractivity contribution in [3.8, 4) is 0 Å². The van der Waals surface area contributed by atoms with Crippen LogP contribution < -0.4 is 10.6 Å². The predicted octanol–water partition coefficient (Wildman–Crippen LogP) is 2.15. The molecule has 3 heteroatoms. The second kappa shape index (κ2) is 6.88. The standard InChI is InChI=1S/C13H21N3/c1-4-11(2)16-13(14-3)15-10-12-8-6-5-7-9-12/h5-9,11H,4,10H2,1-3H3,(H2,14,15,16). The van der Waals surface area contributed by atoms with Crippen molar-refractivity contribution in [3.63, 3.8) is 0 Å². The minimum absolute atomic E-state index is 0.446. The first kappa shape index (κ1) is 12.6. The van der Waals surface area contributed by atoms with Crippen molar-refractivity contribution in [1.29, 1.82) is 0 Å². The maximum absolute atomic E-state index is 4.19. The van der Waals surface area contributed by atoms with Gasteiger partial charge in [0.25, 0.3) is 0 Å². The molecule has 0 radical (unpaired) electrons. The van der Waals surface area contributed by atoms with Crippen LogP contribution in [0.25, 0.3) is 0 Å². The zero-order valence-corrected chi connectivity index (χ0v) is 10.3. The Bertz CT molecular complexity index is 319. The highest BCUT2D eigenvalue weighted by molar-refractivity contribution is 5.79. The lowest BCUT2D eigenvalue weighted by Crippen LogP contribution is -2.41. The van der Waals surface area contributed by atoms with Gasteiger partial charge in [0.1, 0.15) is 0 Å². The third-order valence-electron chi connectivity index (χ3n) is 2.52. The van der Waals surface area contributed by atoms with Crippen molar-refractivity contribution in [3.05, 3.63) is 35.9 Å². The van der Waals surface area contributed by atoms with E-state index in [0.29, 0.717) is 6.04 Å². The second-order valence-electron chi connectivity index (χ2n) is 3.86. The SMILES string of the molecule is CCC(C)NC(=NC)NCc1ccccc1. The van der Waals surface area contributed by atoms with E-state index in [2.05, 4.69) is 41.6 Å². The maximum atomic E-state index is 4.19. The average molecular weight is 219 g/mol. The number of guanidine groups is 1. The molecule has 0 saturated carbocycles. The summed E-state index contributed by atoms with van der Waals surface area (Å²) in [5.74, 6) is 0.859. The Morgan fingerprint density at radius 2 is 2.00 bits per heavy atom. The van der Waals surface area contributed by atoms with Crippen LogP contribution in [0.1, 0.15) is 25.8 Å². The first-order valence-corrected chi connectivity index (χ1v) is 5.77. The van der Waals surface area contributed by atoms with Crippen LogP contribution in [0.4, 0.5) is 0 Å². The fourth-order valence-corrected chi connectivity index (χ4v) is 1.31. The minimum Gasteiger partial charge on any atom is -0.354 e. The van der Waals surface area contributed by atoms with Crippen LogP contribution in [0.15, 0.2) is 35.3 Å². The Morgan fingerprint density at radius 1 is 1.31 bits per heavy atom. The molecule has 0 aliphatic carbocycles. The van der Waals surface area contributed by atoms with Gasteiger partial charge in [-0.25, -0.2) is 0 Å². The van der Waals surface area contributed by atoms with Gasteiger partial charge >= 0.3 is 0 Å². The minimum atomic E-state index is 0.446. The molecule has 0 aliphatic heterocycles. The number of hydrogen-bond donors (Lipinski definition) is 2. The Kier molecular flexibility index (Phi) is 5.40. The maximum Gasteiger partial charge on any atom is 0.191 e. The summed E-state index contributed by atoms with van der Waals surface area (Å²) >= 11 is 0. The fraction of sp³-hybridized carbons (Fsp3) is 0.462. The molecule has 0 amide bonds. The van der Waals surface area contributed by atoms with Crippen molar-refractivity contribution in [2.24, 2.45) is 4.99 Å². The molecule has 88 valence electrons. The molecule has 0 fully saturated rings. The summed E-state index contributed by atoms with van der Waals surface area (Å²) in [7, 11) is 1.79. The van der Waals surface area contributed by atoms with E-state index in [1.807, 2.05) is 18.2 Å². The largest absolute Gasteiger partial charge is 0.354 e. The van der Waals surface area contributed by atoms with Gasteiger partial charge in [0, 0.05) is 19.6 Å². The number of hydrogen-bond acceptors (Lipinski definition) is 1. The highest BCUT2D eigenvalue weighted by Gasteiger charge is 2.01. The molecule has 1 unspecified atom stereocenters. The summed E-state index contributed by atoms with van der Waals surface area (Å²) < 4.78 is 0. The summed E-state index contributed by atoms with van der Waals surface area (Å²) in [5.41, 5.74) is 1.26. The van der Waals surface area contributed by atoms with Gasteiger partial charge in [-0.15, -0.1) is 0 Å². The Morgan fingerprint density at radius 3 is 2.56 bits per heavy atom. The quantitative estimate of drug-likeness (QED) is 0.601. The van der Waals surface area contributed by atoms with Crippen LogP contribution in [0.3, 0.4) is 0 Å². The molecule has 0 heterocycles. The number of aliphatic imine (C=N–C) groups is 1. The lowest BCUT2D eigenvalue weighted by molar-refractivity contribution is 0.624. The van der Waals surface area contributed by atoms with Crippen LogP contribution in [0.5, 0.6) is 0 Å². The van der Waals surface area contributed by atoms with E-state index in [4.69, 9.17) is 0 Å². The van der Waals surface area contributed by atoms with E-state index < -0.39 is 0 Å². The molecule has 1 aromatic carbocycles. The van der Waals surface area contributed by atoms with Gasteiger partial charge in [-0.1, -0.05) is 37.3 Å². The second-order valence-corrected chi connectivity index (χ2v) is 3.86. The van der Waals surface area contributed by atoms with Gasteiger partial charge in [0.2, 0.25) is 0 Å². The van der Waals surface area contributed by atoms with Crippen molar-refractivity contribution < 1.29 is 0 Å². The normalized spacial score (nSPS) is 13.3. The van der Waals surface area contributed by atoms with Crippen molar-refractivity contribution in [2.45, 2.75) is 32.9 Å². The monoisotopic (exact) mass is 219 g/mol. The topological polar surface area (TPSA) is 36.4 Å². The Labute approximate surface area is 98.0 Å². The van der Waals surface area contributed by atoms with E-state index in [1.165, 1.54) is 5.56 Å². The van der Waals surface area contributed by atoms with Gasteiger partial charge < -0.3 is 10.6 Å². The van der Waals surface area contributed by atoms with Crippen molar-refractivity contribution in [2.75, 3.05) is 7.05 Å². The molecule has 1 rings (SSSR count). The number of nitrogens with one attached hydrogen (secondary N) is 2. The third-order valence-corrected chi connectivity index (χ3v) is 2.52. The summed E-state index contributed by atoms with van der Waals surface area (Å²) in [4.78, 5) is 4.19. The van der Waals surface area contributed by atoms with Gasteiger partial charge in [0.15, 0.2) is 5.96 Å². The number of nitrogens with zero attached hydrogens (tertiary/aromatic N) is 1. The molecule has 0 aromatic heterocycles. The first-order chi connectivity index (χ1) is 7.76. The summed E-state index contributed by atoms with van der Waals surface area (Å²) in [6, 6.07) is 10.8. The first-order valence-electron chi connectivity index (χ1n) is 5.77. The summed E-state index contributed by atoms with van der Waals surface area (Å²) in [6.45, 7) is 5.11. The highest BCUT2D eigenvalue weighted by Crippen LogP contribution is 1.97. The van der Waals surface area contributed by atoms with Crippen LogP contribution in [0.2, 0.25) is 0 Å². The fourth-order valence-electron chi connectivity index (χ4n) is 1.31. The molecule has 3 nitrogen and oxygen atoms in total. The predicted molar refractivity (Wildman–Crippen MR) is 69.5 cm³/mol. The summed E-state index contributed by atoms with van der Waals surface area (Å²) in [5, 5.41) is 6.62. The molecule has 1 atom stereocenters. The lowest BCUT2D eigenvalue weighted by atomic mass is 10.2. The molecular weight excluding hydrogens is 198 g/mol. The Hall–Kier alpha value is -1.51. The molecule has 0 bridgehead atoms. The van der Waals surface area contributed by atoms with E-state index in [9.17, 15) is 0 Å². The zero-order valence-electron chi connectivity index (χ0n) is 10.3. The summed E-state index contributed by atoms with van der Waals surface area (Å²) in [6.07, 6.45) is 1.09. The average Bonchev–Trinajstić information content (AvgIpc) is 2.35. The number of benzene rings is 1. The number of rotatable bonds is 4. The van der Waals surface area contributed by atoms with Crippen LogP contribution in [0, 0.1) is 0 Å².